The SMILES string of the molecule is COc1cc(OC2CCC(NC(=O)c3ccc(N4CCC5(CCC(c6ccc(C7=N[C@@H](C)c8nnc(C)n8-c8sc(C)c(C)c87)cn6)CC5)C4)nn3)CC2)ccc1C#N. The minimum Gasteiger partial charge on any atom is -0.495 e. The number of aryl methyl sites for hydroxylation is 2. The van der Waals surface area contributed by atoms with Crippen LogP contribution < -0.4 is 19.7 Å². The van der Waals surface area contributed by atoms with Gasteiger partial charge in [0.25, 0.3) is 5.91 Å². The maximum absolute atomic E-state index is 13.2. The molecule has 2 aliphatic carbocycles. The quantitative estimate of drug-likeness (QED) is 0.163. The van der Waals surface area contributed by atoms with Gasteiger partial charge in [-0.1, -0.05) is 0 Å². The number of fused-ring (bicyclic) bond motifs is 3. The van der Waals surface area contributed by atoms with E-state index in [1.165, 1.54) is 10.4 Å². The molecule has 13 nitrogen and oxygen atoms in total. The van der Waals surface area contributed by atoms with Gasteiger partial charge in [-0.05, 0) is 133 Å². The number of amides is 1. The van der Waals surface area contributed by atoms with E-state index in [4.69, 9.17) is 19.5 Å². The van der Waals surface area contributed by atoms with Crippen LogP contribution in [0.2, 0.25) is 0 Å². The zero-order valence-corrected chi connectivity index (χ0v) is 35.2. The molecule has 59 heavy (non-hydrogen) atoms. The molecular formula is C45H50N10O3S. The van der Waals surface area contributed by atoms with Crippen LogP contribution in [-0.4, -0.2) is 73.9 Å². The number of nitriles is 1. The number of hydrogen-bond acceptors (Lipinski definition) is 12. The predicted octanol–water partition coefficient (Wildman–Crippen LogP) is 7.91. The maximum atomic E-state index is 13.2. The number of ether oxygens (including phenoxy) is 2. The number of nitrogens with one attached hydrogen (secondary N) is 1. The summed E-state index contributed by atoms with van der Waals surface area (Å²) < 4.78 is 13.7. The number of thiophene rings is 1. The monoisotopic (exact) mass is 810 g/mol. The summed E-state index contributed by atoms with van der Waals surface area (Å²) in [6, 6.07) is 15.5. The third kappa shape index (κ3) is 7.45. The Morgan fingerprint density at radius 1 is 0.966 bits per heavy atom. The molecule has 5 aromatic rings. The van der Waals surface area contributed by atoms with Crippen LogP contribution in [0.3, 0.4) is 0 Å². The summed E-state index contributed by atoms with van der Waals surface area (Å²) in [6.45, 7) is 10.4. The smallest absolute Gasteiger partial charge is 0.272 e. The van der Waals surface area contributed by atoms with Gasteiger partial charge in [0, 0.05) is 59.0 Å². The van der Waals surface area contributed by atoms with E-state index in [9.17, 15) is 10.1 Å². The van der Waals surface area contributed by atoms with Crippen molar-refractivity contribution in [1.82, 2.24) is 35.3 Å². The average Bonchev–Trinajstić information content (AvgIpc) is 3.92. The predicted molar refractivity (Wildman–Crippen MR) is 226 cm³/mol. The highest BCUT2D eigenvalue weighted by Gasteiger charge is 2.42. The molecule has 9 rings (SSSR count). The first kappa shape index (κ1) is 38.8. The van der Waals surface area contributed by atoms with E-state index in [1.54, 1.807) is 42.7 Å². The van der Waals surface area contributed by atoms with Gasteiger partial charge in [-0.25, -0.2) is 0 Å². The lowest BCUT2D eigenvalue weighted by atomic mass is 9.69. The number of carbonyl (C=O) groups is 1. The normalized spacial score (nSPS) is 23.8. The number of benzene rings is 1. The Bertz CT molecular complexity index is 2430. The van der Waals surface area contributed by atoms with Crippen molar-refractivity contribution >= 4 is 28.8 Å². The number of methoxy groups -OCH3 is 1. The summed E-state index contributed by atoms with van der Waals surface area (Å²) in [5.41, 5.74) is 6.67. The summed E-state index contributed by atoms with van der Waals surface area (Å²) in [5, 5.41) is 31.3. The molecule has 0 radical (unpaired) electrons. The van der Waals surface area contributed by atoms with Crippen LogP contribution in [0.4, 0.5) is 5.82 Å². The van der Waals surface area contributed by atoms with Crippen molar-refractivity contribution in [2.45, 2.75) is 110 Å². The first-order valence-electron chi connectivity index (χ1n) is 20.8. The molecule has 304 valence electrons. The Morgan fingerprint density at radius 2 is 1.78 bits per heavy atom. The second-order valence-corrected chi connectivity index (χ2v) is 18.0. The topological polar surface area (TPSA) is 156 Å². The highest BCUT2D eigenvalue weighted by Crippen LogP contribution is 2.48. The number of carbonyl (C=O) groups excluding carboxylic acids is 1. The lowest BCUT2D eigenvalue weighted by molar-refractivity contribution is 0.0888. The number of aliphatic imine (C=N–C) groups is 1. The van der Waals surface area contributed by atoms with Gasteiger partial charge in [-0.15, -0.1) is 31.7 Å². The second-order valence-electron chi connectivity index (χ2n) is 16.8. The molecule has 1 spiro atoms. The fourth-order valence-electron chi connectivity index (χ4n) is 9.56. The number of hydrogen-bond donors (Lipinski definition) is 1. The van der Waals surface area contributed by atoms with E-state index in [-0.39, 0.29) is 29.5 Å². The van der Waals surface area contributed by atoms with Gasteiger partial charge >= 0.3 is 0 Å². The number of pyridine rings is 1. The van der Waals surface area contributed by atoms with Gasteiger partial charge < -0.3 is 19.7 Å². The standard InChI is InChI=1S/C45H50N10O3S/c1-26-28(3)59-44-40(26)41(48-27(2)42-53-50-29(4)55(42)44)32-7-13-36(47-24-32)30-16-18-45(19-17-30)20-21-54(25-45)39-15-14-37(51-52-39)43(56)49-33-8-11-34(12-9-33)58-35-10-6-31(23-46)38(22-35)57-5/h6-7,10,13-15,22,24,27,30,33-34H,8-9,11-12,16-21,25H2,1-5H3,(H,49,56)/t27-,30?,33?,34?,45?/m0/s1. The molecule has 1 N–H and O–H groups in total. The Labute approximate surface area is 348 Å². The van der Waals surface area contributed by atoms with Crippen molar-refractivity contribution in [3.05, 3.63) is 98.8 Å². The molecule has 1 amide bonds. The number of nitrogens with zero attached hydrogens (tertiary/aromatic N) is 9. The molecule has 2 aliphatic heterocycles. The summed E-state index contributed by atoms with van der Waals surface area (Å²) >= 11 is 1.78. The molecular weight excluding hydrogens is 761 g/mol. The van der Waals surface area contributed by atoms with Gasteiger partial charge in [-0.3, -0.25) is 19.3 Å². The third-order valence-electron chi connectivity index (χ3n) is 13.1. The molecule has 1 atom stereocenters. The van der Waals surface area contributed by atoms with Gasteiger partial charge in [-0.2, -0.15) is 5.26 Å². The van der Waals surface area contributed by atoms with Crippen molar-refractivity contribution in [2.24, 2.45) is 10.4 Å². The molecule has 3 fully saturated rings. The molecule has 0 unspecified atom stereocenters. The minimum atomic E-state index is -0.193. The van der Waals surface area contributed by atoms with E-state index in [1.807, 2.05) is 19.2 Å². The summed E-state index contributed by atoms with van der Waals surface area (Å²) in [6.07, 6.45) is 11.0. The zero-order valence-electron chi connectivity index (χ0n) is 34.4. The van der Waals surface area contributed by atoms with Gasteiger partial charge in [0.05, 0.1) is 24.5 Å². The molecule has 0 bridgehead atoms. The third-order valence-corrected chi connectivity index (χ3v) is 14.3. The Kier molecular flexibility index (Phi) is 10.4. The largest absolute Gasteiger partial charge is 0.495 e. The van der Waals surface area contributed by atoms with Crippen molar-refractivity contribution in [3.63, 3.8) is 0 Å². The fraction of sp³-hybridized carbons (Fsp3) is 0.467. The lowest BCUT2D eigenvalue weighted by Gasteiger charge is -2.37. The molecule has 4 aliphatic rings. The Morgan fingerprint density at radius 3 is 2.49 bits per heavy atom. The van der Waals surface area contributed by atoms with E-state index < -0.39 is 0 Å². The molecule has 14 heteroatoms. The van der Waals surface area contributed by atoms with Crippen LogP contribution in [0.5, 0.6) is 11.5 Å². The second kappa shape index (κ2) is 15.8. The van der Waals surface area contributed by atoms with E-state index >= 15 is 0 Å². The van der Waals surface area contributed by atoms with E-state index in [2.05, 4.69) is 74.2 Å². The molecule has 1 aromatic carbocycles. The highest BCUT2D eigenvalue weighted by molar-refractivity contribution is 7.15. The van der Waals surface area contributed by atoms with Crippen LogP contribution in [-0.2, 0) is 0 Å². The fourth-order valence-corrected chi connectivity index (χ4v) is 10.8. The van der Waals surface area contributed by atoms with E-state index in [0.29, 0.717) is 28.7 Å². The van der Waals surface area contributed by atoms with Gasteiger partial charge in [0.15, 0.2) is 17.3 Å². The number of rotatable bonds is 8. The van der Waals surface area contributed by atoms with Crippen molar-refractivity contribution in [2.75, 3.05) is 25.1 Å². The van der Waals surface area contributed by atoms with Crippen LogP contribution in [0.1, 0.15) is 132 Å². The molecule has 6 heterocycles. The first-order chi connectivity index (χ1) is 28.6. The molecule has 1 saturated heterocycles. The van der Waals surface area contributed by atoms with Crippen molar-refractivity contribution in [3.8, 4) is 22.6 Å². The number of aromatic nitrogens is 6. The molecule has 4 aromatic heterocycles. The van der Waals surface area contributed by atoms with Crippen LogP contribution in [0.15, 0.2) is 53.7 Å². The molecule has 2 saturated carbocycles. The van der Waals surface area contributed by atoms with Gasteiger partial charge in [0.1, 0.15) is 34.4 Å². The average molecular weight is 811 g/mol. The van der Waals surface area contributed by atoms with Crippen LogP contribution in [0, 0.1) is 37.5 Å². The Hall–Kier alpha value is -5.68. The van der Waals surface area contributed by atoms with Crippen molar-refractivity contribution < 1.29 is 14.3 Å². The summed E-state index contributed by atoms with van der Waals surface area (Å²) in [7, 11) is 1.55. The summed E-state index contributed by atoms with van der Waals surface area (Å²) in [5.74, 6) is 4.02. The van der Waals surface area contributed by atoms with E-state index in [0.717, 1.165) is 116 Å². The zero-order chi connectivity index (χ0) is 40.8. The lowest BCUT2D eigenvalue weighted by Crippen LogP contribution is -2.40. The maximum Gasteiger partial charge on any atom is 0.272 e. The first-order valence-corrected chi connectivity index (χ1v) is 21.6. The number of anilines is 1. The van der Waals surface area contributed by atoms with Crippen molar-refractivity contribution in [1.29, 1.82) is 5.26 Å². The Balaban J connectivity index is 0.769. The minimum absolute atomic E-state index is 0.0404. The highest BCUT2D eigenvalue weighted by atomic mass is 32.1. The van der Waals surface area contributed by atoms with Crippen LogP contribution >= 0.6 is 11.3 Å². The van der Waals surface area contributed by atoms with Crippen LogP contribution in [0.25, 0.3) is 5.00 Å². The summed E-state index contributed by atoms with van der Waals surface area (Å²) in [4.78, 5) is 27.1. The van der Waals surface area contributed by atoms with Gasteiger partial charge in [0.2, 0.25) is 0 Å².